The molecule has 6 heteroatoms. The molecule has 1 aliphatic rings. The van der Waals surface area contributed by atoms with Crippen molar-refractivity contribution in [1.29, 1.82) is 0 Å². The van der Waals surface area contributed by atoms with Gasteiger partial charge in [0.1, 0.15) is 5.54 Å². The zero-order chi connectivity index (χ0) is 16.4. The molecule has 0 aliphatic carbocycles. The van der Waals surface area contributed by atoms with Gasteiger partial charge in [-0.05, 0) is 41.5 Å². The average Bonchev–Trinajstić information content (AvgIpc) is 3.17. The third-order valence-electron chi connectivity index (χ3n) is 4.06. The Hall–Kier alpha value is -3.41. The minimum Gasteiger partial charge on any atom is -0.370 e. The molecule has 3 N–H and O–H groups in total. The first-order valence-electron chi connectivity index (χ1n) is 7.57. The number of guanidine groups is 1. The van der Waals surface area contributed by atoms with E-state index in [9.17, 15) is 0 Å². The smallest absolute Gasteiger partial charge is 0.194 e. The molecule has 0 fully saturated rings. The molecule has 0 radical (unpaired) electrons. The van der Waals surface area contributed by atoms with Crippen molar-refractivity contribution in [2.45, 2.75) is 5.54 Å². The SMILES string of the molecule is NC1=NC(c2ccncc2)(c2cccc(-n3ccnc3)c2)C=CN1. The molecule has 4 rings (SSSR count). The van der Waals surface area contributed by atoms with Crippen molar-refractivity contribution in [2.24, 2.45) is 10.7 Å². The van der Waals surface area contributed by atoms with Crippen LogP contribution in [0.4, 0.5) is 0 Å². The van der Waals surface area contributed by atoms with Gasteiger partial charge in [-0.3, -0.25) is 4.98 Å². The molecule has 3 aromatic rings. The Balaban J connectivity index is 1.91. The molecule has 1 unspecified atom stereocenters. The molecule has 1 aromatic carbocycles. The Kier molecular flexibility index (Phi) is 3.35. The minimum atomic E-state index is -0.686. The molecule has 118 valence electrons. The van der Waals surface area contributed by atoms with Crippen molar-refractivity contribution in [3.8, 4) is 5.69 Å². The van der Waals surface area contributed by atoms with Crippen LogP contribution in [0.3, 0.4) is 0 Å². The van der Waals surface area contributed by atoms with Crippen molar-refractivity contribution in [3.63, 3.8) is 0 Å². The van der Waals surface area contributed by atoms with Crippen molar-refractivity contribution >= 4 is 5.96 Å². The first-order valence-corrected chi connectivity index (χ1v) is 7.57. The Morgan fingerprint density at radius 2 is 1.88 bits per heavy atom. The Morgan fingerprint density at radius 1 is 1.00 bits per heavy atom. The number of aliphatic imine (C=N–C) groups is 1. The summed E-state index contributed by atoms with van der Waals surface area (Å²) < 4.78 is 1.96. The zero-order valence-corrected chi connectivity index (χ0v) is 12.9. The molecule has 3 heterocycles. The molecule has 0 bridgehead atoms. The van der Waals surface area contributed by atoms with Gasteiger partial charge in [0.25, 0.3) is 0 Å². The van der Waals surface area contributed by atoms with Gasteiger partial charge in [-0.1, -0.05) is 12.1 Å². The third-order valence-corrected chi connectivity index (χ3v) is 4.06. The first kappa shape index (κ1) is 14.2. The normalized spacial score (nSPS) is 19.6. The highest BCUT2D eigenvalue weighted by Gasteiger charge is 2.33. The lowest BCUT2D eigenvalue weighted by atomic mass is 9.83. The summed E-state index contributed by atoms with van der Waals surface area (Å²) in [5.41, 5.74) is 8.32. The van der Waals surface area contributed by atoms with E-state index in [-0.39, 0.29) is 0 Å². The number of hydrogen-bond donors (Lipinski definition) is 2. The Bertz CT molecular complexity index is 898. The molecular weight excluding hydrogens is 300 g/mol. The van der Waals surface area contributed by atoms with Crippen molar-refractivity contribution in [1.82, 2.24) is 19.9 Å². The average molecular weight is 316 g/mol. The second-order valence-electron chi connectivity index (χ2n) is 5.50. The van der Waals surface area contributed by atoms with Crippen LogP contribution >= 0.6 is 0 Å². The van der Waals surface area contributed by atoms with E-state index < -0.39 is 5.54 Å². The maximum atomic E-state index is 5.97. The van der Waals surface area contributed by atoms with Crippen LogP contribution in [0.15, 0.2) is 84.8 Å². The number of aromatic nitrogens is 3. The lowest BCUT2D eigenvalue weighted by molar-refractivity contribution is 0.662. The standard InChI is InChI=1S/C18H16N6/c19-17-22-9-6-18(23-17,14-4-7-20-8-5-14)15-2-1-3-16(12-15)24-11-10-21-13-24/h1-13H,(H3,19,22,23). The van der Waals surface area contributed by atoms with Gasteiger partial charge in [-0.15, -0.1) is 0 Å². The summed E-state index contributed by atoms with van der Waals surface area (Å²) in [6, 6.07) is 12.1. The van der Waals surface area contributed by atoms with E-state index in [0.29, 0.717) is 5.96 Å². The van der Waals surface area contributed by atoms with E-state index in [2.05, 4.69) is 21.4 Å². The van der Waals surface area contributed by atoms with Crippen molar-refractivity contribution in [2.75, 3.05) is 0 Å². The van der Waals surface area contributed by atoms with Gasteiger partial charge in [0.15, 0.2) is 5.96 Å². The molecule has 1 atom stereocenters. The van der Waals surface area contributed by atoms with Gasteiger partial charge in [-0.25, -0.2) is 9.98 Å². The molecule has 6 nitrogen and oxygen atoms in total. The van der Waals surface area contributed by atoms with Crippen molar-refractivity contribution in [3.05, 3.63) is 90.9 Å². The van der Waals surface area contributed by atoms with E-state index >= 15 is 0 Å². The van der Waals surface area contributed by atoms with Gasteiger partial charge in [0.2, 0.25) is 0 Å². The number of hydrogen-bond acceptors (Lipinski definition) is 5. The van der Waals surface area contributed by atoms with Gasteiger partial charge in [0, 0.05) is 36.7 Å². The van der Waals surface area contributed by atoms with Crippen LogP contribution in [0.1, 0.15) is 11.1 Å². The van der Waals surface area contributed by atoms with Crippen LogP contribution in [0.5, 0.6) is 0 Å². The highest BCUT2D eigenvalue weighted by Crippen LogP contribution is 2.37. The predicted molar refractivity (Wildman–Crippen MR) is 92.5 cm³/mol. The summed E-state index contributed by atoms with van der Waals surface area (Å²) >= 11 is 0. The van der Waals surface area contributed by atoms with Gasteiger partial charge in [0.05, 0.1) is 6.33 Å². The number of nitrogens with one attached hydrogen (secondary N) is 1. The molecular formula is C18H16N6. The highest BCUT2D eigenvalue weighted by molar-refractivity contribution is 5.81. The number of benzene rings is 1. The molecule has 0 spiro atoms. The van der Waals surface area contributed by atoms with Gasteiger partial charge < -0.3 is 15.6 Å². The monoisotopic (exact) mass is 316 g/mol. The minimum absolute atomic E-state index is 0.377. The Labute approximate surface area is 139 Å². The van der Waals surface area contributed by atoms with E-state index in [4.69, 9.17) is 10.7 Å². The summed E-state index contributed by atoms with van der Waals surface area (Å²) in [4.78, 5) is 12.9. The molecule has 0 amide bonds. The zero-order valence-electron chi connectivity index (χ0n) is 12.9. The lowest BCUT2D eigenvalue weighted by Gasteiger charge is -2.31. The van der Waals surface area contributed by atoms with E-state index in [1.165, 1.54) is 0 Å². The van der Waals surface area contributed by atoms with E-state index in [1.54, 1.807) is 24.9 Å². The van der Waals surface area contributed by atoms with Gasteiger partial charge >= 0.3 is 0 Å². The maximum Gasteiger partial charge on any atom is 0.194 e. The summed E-state index contributed by atoms with van der Waals surface area (Å²) in [6.45, 7) is 0. The fraction of sp³-hybridized carbons (Fsp3) is 0.0556. The molecule has 1 aliphatic heterocycles. The quantitative estimate of drug-likeness (QED) is 0.774. The fourth-order valence-corrected chi connectivity index (χ4v) is 2.92. The predicted octanol–water partition coefficient (Wildman–Crippen LogP) is 1.94. The number of nitrogens with two attached hydrogens (primary N) is 1. The van der Waals surface area contributed by atoms with Crippen molar-refractivity contribution < 1.29 is 0 Å². The molecule has 24 heavy (non-hydrogen) atoms. The molecule has 2 aromatic heterocycles. The lowest BCUT2D eigenvalue weighted by Crippen LogP contribution is -2.37. The summed E-state index contributed by atoms with van der Waals surface area (Å²) in [7, 11) is 0. The highest BCUT2D eigenvalue weighted by atomic mass is 15.1. The Morgan fingerprint density at radius 3 is 2.62 bits per heavy atom. The van der Waals surface area contributed by atoms with Crippen LogP contribution in [0.2, 0.25) is 0 Å². The summed E-state index contributed by atoms with van der Waals surface area (Å²) in [5, 5.41) is 2.93. The van der Waals surface area contributed by atoms with Crippen LogP contribution in [-0.2, 0) is 5.54 Å². The number of rotatable bonds is 3. The largest absolute Gasteiger partial charge is 0.370 e. The van der Waals surface area contributed by atoms with E-state index in [0.717, 1.165) is 16.8 Å². The van der Waals surface area contributed by atoms with Crippen LogP contribution < -0.4 is 11.1 Å². The second kappa shape index (κ2) is 5.66. The summed E-state index contributed by atoms with van der Waals surface area (Å²) in [6.07, 6.45) is 12.8. The summed E-state index contributed by atoms with van der Waals surface area (Å²) in [5.74, 6) is 0.377. The first-order chi connectivity index (χ1) is 11.8. The molecule has 0 saturated heterocycles. The number of imidazole rings is 1. The van der Waals surface area contributed by atoms with Crippen LogP contribution in [0.25, 0.3) is 5.69 Å². The second-order valence-corrected chi connectivity index (χ2v) is 5.50. The number of pyridine rings is 1. The maximum absolute atomic E-state index is 5.97. The van der Waals surface area contributed by atoms with Gasteiger partial charge in [-0.2, -0.15) is 0 Å². The van der Waals surface area contributed by atoms with Crippen LogP contribution in [0, 0.1) is 0 Å². The number of nitrogens with zero attached hydrogens (tertiary/aromatic N) is 4. The topological polar surface area (TPSA) is 81.1 Å². The third kappa shape index (κ3) is 2.34. The fourth-order valence-electron chi connectivity index (χ4n) is 2.92. The molecule has 0 saturated carbocycles. The van der Waals surface area contributed by atoms with E-state index in [1.807, 2.05) is 53.4 Å². The van der Waals surface area contributed by atoms with Crippen LogP contribution in [-0.4, -0.2) is 20.5 Å².